The van der Waals surface area contributed by atoms with Crippen LogP contribution in [0.2, 0.25) is 0 Å². The smallest absolute Gasteiger partial charge is 0.160 e. The Morgan fingerprint density at radius 1 is 0.385 bits per heavy atom. The molecule has 3 heterocycles. The first-order valence-corrected chi connectivity index (χ1v) is 13.3. The fourth-order valence-electron chi connectivity index (χ4n) is 6.47. The second kappa shape index (κ2) is 7.62. The second-order valence-corrected chi connectivity index (χ2v) is 10.2. The average molecular weight is 499 g/mol. The van der Waals surface area contributed by atoms with E-state index in [0.29, 0.717) is 0 Å². The molecule has 0 radical (unpaired) electrons. The third-order valence-electron chi connectivity index (χ3n) is 8.11. The standard InChI is InChI=1S/C36H22N2O/c1-5-16-31-25(12-1)26-13-2-6-17-32(26)37(31)23-10-9-11-24(22-23)38-33-18-7-3-14-27(33)29-20-21-30-28-15-4-8-19-34(28)39-36(30)35(29)38/h1-22H. The molecule has 0 saturated heterocycles. The number of furan rings is 1. The minimum Gasteiger partial charge on any atom is -0.454 e. The zero-order valence-corrected chi connectivity index (χ0v) is 21.0. The van der Waals surface area contributed by atoms with Gasteiger partial charge in [0.1, 0.15) is 5.58 Å². The van der Waals surface area contributed by atoms with E-state index in [0.717, 1.165) is 38.8 Å². The molecule has 182 valence electrons. The van der Waals surface area contributed by atoms with E-state index in [1.165, 1.54) is 38.1 Å². The second-order valence-electron chi connectivity index (χ2n) is 10.2. The Bertz CT molecular complexity index is 2350. The lowest BCUT2D eigenvalue weighted by atomic mass is 10.1. The summed E-state index contributed by atoms with van der Waals surface area (Å²) in [7, 11) is 0. The number of hydrogen-bond donors (Lipinski definition) is 0. The van der Waals surface area contributed by atoms with Crippen LogP contribution in [0, 0.1) is 0 Å². The Morgan fingerprint density at radius 3 is 1.59 bits per heavy atom. The lowest BCUT2D eigenvalue weighted by molar-refractivity contribution is 0.671. The van der Waals surface area contributed by atoms with Gasteiger partial charge in [0.2, 0.25) is 0 Å². The van der Waals surface area contributed by atoms with Crippen LogP contribution in [0.3, 0.4) is 0 Å². The molecule has 0 atom stereocenters. The van der Waals surface area contributed by atoms with Crippen molar-refractivity contribution >= 4 is 65.6 Å². The molecule has 6 aromatic carbocycles. The lowest BCUT2D eigenvalue weighted by Gasteiger charge is -2.13. The van der Waals surface area contributed by atoms with Crippen molar-refractivity contribution in [2.45, 2.75) is 0 Å². The van der Waals surface area contributed by atoms with E-state index in [-0.39, 0.29) is 0 Å². The number of benzene rings is 6. The molecule has 0 unspecified atom stereocenters. The lowest BCUT2D eigenvalue weighted by Crippen LogP contribution is -1.98. The third kappa shape index (κ3) is 2.76. The molecular formula is C36H22N2O. The summed E-state index contributed by atoms with van der Waals surface area (Å²) in [5, 5.41) is 7.22. The Labute approximate surface area is 223 Å². The van der Waals surface area contributed by atoms with E-state index in [9.17, 15) is 0 Å². The van der Waals surface area contributed by atoms with E-state index in [4.69, 9.17) is 4.42 Å². The number of para-hydroxylation sites is 4. The van der Waals surface area contributed by atoms with Crippen LogP contribution in [0.15, 0.2) is 138 Å². The van der Waals surface area contributed by atoms with Crippen molar-refractivity contribution in [3.05, 3.63) is 133 Å². The Kier molecular flexibility index (Phi) is 4.05. The first-order chi connectivity index (χ1) is 19.4. The van der Waals surface area contributed by atoms with Gasteiger partial charge in [-0.25, -0.2) is 0 Å². The van der Waals surface area contributed by atoms with E-state index in [1.807, 2.05) is 6.07 Å². The number of rotatable bonds is 2. The highest BCUT2D eigenvalue weighted by molar-refractivity contribution is 6.21. The summed E-state index contributed by atoms with van der Waals surface area (Å²) in [4.78, 5) is 0. The molecule has 0 aliphatic rings. The van der Waals surface area contributed by atoms with Crippen molar-refractivity contribution < 1.29 is 4.42 Å². The first kappa shape index (κ1) is 20.7. The molecule has 9 rings (SSSR count). The average Bonchev–Trinajstić information content (AvgIpc) is 3.65. The van der Waals surface area contributed by atoms with Crippen LogP contribution in [0.5, 0.6) is 0 Å². The first-order valence-electron chi connectivity index (χ1n) is 13.3. The van der Waals surface area contributed by atoms with E-state index < -0.39 is 0 Å². The van der Waals surface area contributed by atoms with Gasteiger partial charge in [0.05, 0.1) is 22.1 Å². The molecule has 0 fully saturated rings. The summed E-state index contributed by atoms with van der Waals surface area (Å²) in [6.07, 6.45) is 0. The van der Waals surface area contributed by atoms with Crippen molar-refractivity contribution in [2.24, 2.45) is 0 Å². The van der Waals surface area contributed by atoms with Crippen molar-refractivity contribution in [1.82, 2.24) is 9.13 Å². The van der Waals surface area contributed by atoms with Crippen LogP contribution in [-0.2, 0) is 0 Å². The zero-order chi connectivity index (χ0) is 25.5. The Hall–Kier alpha value is -5.28. The van der Waals surface area contributed by atoms with Crippen molar-refractivity contribution in [3.8, 4) is 11.4 Å². The van der Waals surface area contributed by atoms with Gasteiger partial charge in [-0.1, -0.05) is 84.9 Å². The maximum atomic E-state index is 6.55. The zero-order valence-electron chi connectivity index (χ0n) is 21.0. The van der Waals surface area contributed by atoms with Crippen LogP contribution in [0.25, 0.3) is 76.9 Å². The van der Waals surface area contributed by atoms with E-state index in [1.54, 1.807) is 0 Å². The minimum absolute atomic E-state index is 0.913. The minimum atomic E-state index is 0.913. The van der Waals surface area contributed by atoms with Crippen molar-refractivity contribution in [2.75, 3.05) is 0 Å². The van der Waals surface area contributed by atoms with Gasteiger partial charge in [-0.05, 0) is 48.5 Å². The van der Waals surface area contributed by atoms with Crippen molar-refractivity contribution in [3.63, 3.8) is 0 Å². The normalized spacial score (nSPS) is 12.1. The predicted molar refractivity (Wildman–Crippen MR) is 162 cm³/mol. The largest absolute Gasteiger partial charge is 0.454 e. The summed E-state index contributed by atoms with van der Waals surface area (Å²) in [6.45, 7) is 0. The highest BCUT2D eigenvalue weighted by Gasteiger charge is 2.19. The van der Waals surface area contributed by atoms with Gasteiger partial charge in [0.15, 0.2) is 5.58 Å². The van der Waals surface area contributed by atoms with Crippen LogP contribution in [0.1, 0.15) is 0 Å². The molecule has 0 spiro atoms. The number of fused-ring (bicyclic) bond motifs is 10. The van der Waals surface area contributed by atoms with Crippen LogP contribution >= 0.6 is 0 Å². The van der Waals surface area contributed by atoms with Gasteiger partial charge in [-0.15, -0.1) is 0 Å². The van der Waals surface area contributed by atoms with Gasteiger partial charge in [0, 0.05) is 43.7 Å². The number of nitrogens with zero attached hydrogens (tertiary/aromatic N) is 2. The highest BCUT2D eigenvalue weighted by Crippen LogP contribution is 2.40. The number of aromatic nitrogens is 2. The fourth-order valence-corrected chi connectivity index (χ4v) is 6.47. The maximum Gasteiger partial charge on any atom is 0.160 e. The summed E-state index contributed by atoms with van der Waals surface area (Å²) in [5.74, 6) is 0. The van der Waals surface area contributed by atoms with Gasteiger partial charge in [-0.3, -0.25) is 0 Å². The molecule has 0 aliphatic carbocycles. The number of hydrogen-bond acceptors (Lipinski definition) is 1. The summed E-state index contributed by atoms with van der Waals surface area (Å²) in [5.41, 5.74) is 8.75. The molecule has 0 aliphatic heterocycles. The Balaban J connectivity index is 1.40. The molecular weight excluding hydrogens is 476 g/mol. The van der Waals surface area contributed by atoms with E-state index in [2.05, 4.69) is 137 Å². The molecule has 0 saturated carbocycles. The molecule has 0 N–H and O–H groups in total. The predicted octanol–water partition coefficient (Wildman–Crippen LogP) is 9.78. The molecule has 3 aromatic heterocycles. The third-order valence-corrected chi connectivity index (χ3v) is 8.11. The quantitative estimate of drug-likeness (QED) is 0.233. The molecule has 3 heteroatoms. The summed E-state index contributed by atoms with van der Waals surface area (Å²) >= 11 is 0. The van der Waals surface area contributed by atoms with Crippen molar-refractivity contribution in [1.29, 1.82) is 0 Å². The summed E-state index contributed by atoms with van der Waals surface area (Å²) < 4.78 is 11.3. The topological polar surface area (TPSA) is 23.0 Å². The Morgan fingerprint density at radius 2 is 0.897 bits per heavy atom. The van der Waals surface area contributed by atoms with Gasteiger partial charge in [-0.2, -0.15) is 0 Å². The molecule has 9 aromatic rings. The van der Waals surface area contributed by atoms with Gasteiger partial charge in [0.25, 0.3) is 0 Å². The molecule has 39 heavy (non-hydrogen) atoms. The van der Waals surface area contributed by atoms with Crippen LogP contribution in [0.4, 0.5) is 0 Å². The SMILES string of the molecule is c1cc(-n2c3ccccc3c3ccccc32)cc(-n2c3ccccc3c3ccc4c5ccccc5oc4c32)c1. The van der Waals surface area contributed by atoms with Crippen LogP contribution in [-0.4, -0.2) is 9.13 Å². The molecule has 0 bridgehead atoms. The molecule has 3 nitrogen and oxygen atoms in total. The van der Waals surface area contributed by atoms with Gasteiger partial charge < -0.3 is 13.6 Å². The monoisotopic (exact) mass is 498 g/mol. The maximum absolute atomic E-state index is 6.55. The van der Waals surface area contributed by atoms with Crippen LogP contribution < -0.4 is 0 Å². The highest BCUT2D eigenvalue weighted by atomic mass is 16.3. The van der Waals surface area contributed by atoms with Gasteiger partial charge >= 0.3 is 0 Å². The van der Waals surface area contributed by atoms with E-state index >= 15 is 0 Å². The summed E-state index contributed by atoms with van der Waals surface area (Å²) in [6, 6.07) is 47.6. The fraction of sp³-hybridized carbons (Fsp3) is 0. The molecule has 0 amide bonds.